The minimum absolute atomic E-state index is 0.127. The van der Waals surface area contributed by atoms with Crippen molar-refractivity contribution in [2.45, 2.75) is 6.04 Å². The first-order valence-electron chi connectivity index (χ1n) is 6.94. The van der Waals surface area contributed by atoms with Gasteiger partial charge < -0.3 is 9.80 Å². The molecule has 1 aliphatic heterocycles. The molecule has 1 fully saturated rings. The minimum Gasteiger partial charge on any atom is -0.367 e. The zero-order valence-corrected chi connectivity index (χ0v) is 11.4. The van der Waals surface area contributed by atoms with Crippen LogP contribution in [0.5, 0.6) is 0 Å². The van der Waals surface area contributed by atoms with Crippen LogP contribution in [0, 0.1) is 0 Å². The third kappa shape index (κ3) is 2.52. The highest BCUT2D eigenvalue weighted by Gasteiger charge is 2.27. The van der Waals surface area contributed by atoms with Crippen LogP contribution in [0.2, 0.25) is 0 Å². The summed E-state index contributed by atoms with van der Waals surface area (Å²) in [4.78, 5) is 15.5. The molecule has 1 aliphatic rings. The van der Waals surface area contributed by atoms with E-state index in [1.807, 2.05) is 29.2 Å². The third-order valence-corrected chi connectivity index (χ3v) is 3.86. The third-order valence-electron chi connectivity index (χ3n) is 3.86. The van der Waals surface area contributed by atoms with E-state index in [-0.39, 0.29) is 6.04 Å². The van der Waals surface area contributed by atoms with Crippen LogP contribution >= 0.6 is 0 Å². The first-order valence-corrected chi connectivity index (χ1v) is 6.94. The van der Waals surface area contributed by atoms with E-state index < -0.39 is 0 Å². The van der Waals surface area contributed by atoms with Gasteiger partial charge in [0.2, 0.25) is 6.41 Å². The molecule has 1 heterocycles. The Balaban J connectivity index is 1.85. The van der Waals surface area contributed by atoms with Crippen LogP contribution in [0.15, 0.2) is 60.7 Å². The summed E-state index contributed by atoms with van der Waals surface area (Å²) < 4.78 is 0. The fraction of sp³-hybridized carbons (Fsp3) is 0.235. The molecule has 1 saturated heterocycles. The molecule has 20 heavy (non-hydrogen) atoms. The topological polar surface area (TPSA) is 23.6 Å². The summed E-state index contributed by atoms with van der Waals surface area (Å²) in [6.07, 6.45) is 0.972. The van der Waals surface area contributed by atoms with Gasteiger partial charge in [0.25, 0.3) is 0 Å². The van der Waals surface area contributed by atoms with Crippen LogP contribution < -0.4 is 4.90 Å². The molecule has 3 rings (SSSR count). The molecule has 0 aliphatic carbocycles. The van der Waals surface area contributed by atoms with Crippen LogP contribution in [0.3, 0.4) is 0 Å². The van der Waals surface area contributed by atoms with Crippen LogP contribution in [-0.2, 0) is 4.79 Å². The molecule has 102 valence electrons. The van der Waals surface area contributed by atoms with Gasteiger partial charge in [-0.2, -0.15) is 0 Å². The van der Waals surface area contributed by atoms with Crippen molar-refractivity contribution in [3.63, 3.8) is 0 Å². The molecule has 0 bridgehead atoms. The number of hydrogen-bond acceptors (Lipinski definition) is 2. The fourth-order valence-electron chi connectivity index (χ4n) is 2.77. The summed E-state index contributed by atoms with van der Waals surface area (Å²) in [6.45, 7) is 2.48. The highest BCUT2D eigenvalue weighted by Crippen LogP contribution is 2.27. The van der Waals surface area contributed by atoms with E-state index in [9.17, 15) is 4.79 Å². The van der Waals surface area contributed by atoms with Crippen molar-refractivity contribution in [3.8, 4) is 0 Å². The second kappa shape index (κ2) is 5.78. The summed E-state index contributed by atoms with van der Waals surface area (Å²) in [5.74, 6) is 0. The number of para-hydroxylation sites is 1. The van der Waals surface area contributed by atoms with Gasteiger partial charge in [-0.3, -0.25) is 4.79 Å². The monoisotopic (exact) mass is 266 g/mol. The Morgan fingerprint density at radius 1 is 0.900 bits per heavy atom. The lowest BCUT2D eigenvalue weighted by Gasteiger charge is -2.41. The molecule has 0 aromatic heterocycles. The number of hydrogen-bond donors (Lipinski definition) is 0. The van der Waals surface area contributed by atoms with Crippen LogP contribution in [0.25, 0.3) is 0 Å². The van der Waals surface area contributed by atoms with Crippen molar-refractivity contribution in [1.82, 2.24) is 4.90 Å². The van der Waals surface area contributed by atoms with E-state index >= 15 is 0 Å². The first kappa shape index (κ1) is 12.7. The molecule has 1 amide bonds. The molecular weight excluding hydrogens is 248 g/mol. The average molecular weight is 266 g/mol. The Kier molecular flexibility index (Phi) is 3.68. The van der Waals surface area contributed by atoms with Gasteiger partial charge in [0, 0.05) is 25.3 Å². The first-order chi connectivity index (χ1) is 9.88. The summed E-state index contributed by atoms with van der Waals surface area (Å²) in [6, 6.07) is 20.8. The van der Waals surface area contributed by atoms with Crippen molar-refractivity contribution in [2.24, 2.45) is 0 Å². The van der Waals surface area contributed by atoms with Crippen molar-refractivity contribution < 1.29 is 4.79 Å². The van der Waals surface area contributed by atoms with Crippen molar-refractivity contribution >= 4 is 12.1 Å². The molecular formula is C17H18N2O. The summed E-state index contributed by atoms with van der Waals surface area (Å²) in [5, 5.41) is 0. The molecule has 2 aromatic rings. The standard InChI is InChI=1S/C17H18N2O/c20-14-19-12-11-18(16-9-5-2-6-10-16)13-17(19)15-7-3-1-4-8-15/h1-10,14,17H,11-13H2. The number of carbonyl (C=O) groups excluding carboxylic acids is 1. The van der Waals surface area contributed by atoms with E-state index in [4.69, 9.17) is 0 Å². The highest BCUT2D eigenvalue weighted by atomic mass is 16.1. The number of piperazine rings is 1. The Bertz CT molecular complexity index is 556. The Hall–Kier alpha value is -2.29. The molecule has 3 nitrogen and oxygen atoms in total. The quantitative estimate of drug-likeness (QED) is 0.797. The number of carbonyl (C=O) groups is 1. The molecule has 2 aromatic carbocycles. The maximum absolute atomic E-state index is 11.3. The normalized spacial score (nSPS) is 18.9. The Labute approximate surface area is 119 Å². The fourth-order valence-corrected chi connectivity index (χ4v) is 2.77. The van der Waals surface area contributed by atoms with Gasteiger partial charge in [0.05, 0.1) is 6.04 Å². The van der Waals surface area contributed by atoms with Gasteiger partial charge in [-0.15, -0.1) is 0 Å². The largest absolute Gasteiger partial charge is 0.367 e. The molecule has 0 N–H and O–H groups in total. The Morgan fingerprint density at radius 2 is 1.55 bits per heavy atom. The maximum atomic E-state index is 11.3. The predicted molar refractivity (Wildman–Crippen MR) is 80.6 cm³/mol. The van der Waals surface area contributed by atoms with E-state index in [1.165, 1.54) is 11.3 Å². The van der Waals surface area contributed by atoms with E-state index in [0.717, 1.165) is 26.0 Å². The second-order valence-electron chi connectivity index (χ2n) is 5.05. The van der Waals surface area contributed by atoms with Gasteiger partial charge in [0.15, 0.2) is 0 Å². The van der Waals surface area contributed by atoms with Crippen LogP contribution in [0.4, 0.5) is 5.69 Å². The molecule has 0 saturated carbocycles. The Morgan fingerprint density at radius 3 is 2.20 bits per heavy atom. The lowest BCUT2D eigenvalue weighted by Crippen LogP contribution is -2.47. The van der Waals surface area contributed by atoms with Gasteiger partial charge >= 0.3 is 0 Å². The van der Waals surface area contributed by atoms with E-state index in [2.05, 4.69) is 41.3 Å². The van der Waals surface area contributed by atoms with Crippen LogP contribution in [-0.4, -0.2) is 30.9 Å². The second-order valence-corrected chi connectivity index (χ2v) is 5.05. The van der Waals surface area contributed by atoms with Gasteiger partial charge in [-0.1, -0.05) is 48.5 Å². The van der Waals surface area contributed by atoms with E-state index in [0.29, 0.717) is 0 Å². The lowest BCUT2D eigenvalue weighted by atomic mass is 10.0. The zero-order valence-electron chi connectivity index (χ0n) is 11.4. The minimum atomic E-state index is 0.127. The molecule has 1 unspecified atom stereocenters. The zero-order chi connectivity index (χ0) is 13.8. The van der Waals surface area contributed by atoms with Gasteiger partial charge in [0.1, 0.15) is 0 Å². The number of rotatable bonds is 3. The summed E-state index contributed by atoms with van der Waals surface area (Å²) in [5.41, 5.74) is 2.42. The SMILES string of the molecule is O=CN1CCN(c2ccccc2)CC1c1ccccc1. The molecule has 3 heteroatoms. The van der Waals surface area contributed by atoms with Gasteiger partial charge in [-0.05, 0) is 17.7 Å². The smallest absolute Gasteiger partial charge is 0.210 e. The van der Waals surface area contributed by atoms with E-state index in [1.54, 1.807) is 0 Å². The van der Waals surface area contributed by atoms with Crippen molar-refractivity contribution in [3.05, 3.63) is 66.2 Å². The highest BCUT2D eigenvalue weighted by molar-refractivity contribution is 5.53. The lowest BCUT2D eigenvalue weighted by molar-refractivity contribution is -0.120. The summed E-state index contributed by atoms with van der Waals surface area (Å²) >= 11 is 0. The number of benzene rings is 2. The average Bonchev–Trinajstić information content (AvgIpc) is 2.56. The van der Waals surface area contributed by atoms with Crippen LogP contribution in [0.1, 0.15) is 11.6 Å². The summed E-state index contributed by atoms with van der Waals surface area (Å²) in [7, 11) is 0. The molecule has 1 atom stereocenters. The number of anilines is 1. The number of nitrogens with zero attached hydrogens (tertiary/aromatic N) is 2. The number of amides is 1. The molecule has 0 radical (unpaired) electrons. The maximum Gasteiger partial charge on any atom is 0.210 e. The predicted octanol–water partition coefficient (Wildman–Crippen LogP) is 2.71. The molecule has 0 spiro atoms. The van der Waals surface area contributed by atoms with Crippen molar-refractivity contribution in [1.29, 1.82) is 0 Å². The van der Waals surface area contributed by atoms with Gasteiger partial charge in [-0.25, -0.2) is 0 Å². The van der Waals surface area contributed by atoms with Crippen molar-refractivity contribution in [2.75, 3.05) is 24.5 Å².